The van der Waals surface area contributed by atoms with Gasteiger partial charge in [0.15, 0.2) is 11.6 Å². The molecule has 2 heterocycles. The number of benzene rings is 3. The number of fused-ring (bicyclic) bond motifs is 1. The van der Waals surface area contributed by atoms with Crippen LogP contribution in [0.1, 0.15) is 18.7 Å². The predicted molar refractivity (Wildman–Crippen MR) is 140 cm³/mol. The van der Waals surface area contributed by atoms with Crippen molar-refractivity contribution in [1.29, 1.82) is 0 Å². The first-order valence-electron chi connectivity index (χ1n) is 11.2. The Labute approximate surface area is 205 Å². The molecule has 9 heteroatoms. The van der Waals surface area contributed by atoms with Gasteiger partial charge in [0, 0.05) is 11.4 Å². The summed E-state index contributed by atoms with van der Waals surface area (Å²) in [5.74, 6) is 0.500. The first-order chi connectivity index (χ1) is 17.4. The SMILES string of the molecule is CC(Nc1ncnc(N)c1Nc1ccc(N)cc1)c1oc2ccccc2c(=O)c1-c1cccc(F)c1. The minimum Gasteiger partial charge on any atom is -0.458 e. The minimum atomic E-state index is -0.554. The van der Waals surface area contributed by atoms with Gasteiger partial charge < -0.3 is 26.5 Å². The van der Waals surface area contributed by atoms with Crippen molar-refractivity contribution in [2.24, 2.45) is 0 Å². The average molecular weight is 483 g/mol. The third kappa shape index (κ3) is 4.41. The first kappa shape index (κ1) is 22.9. The molecule has 0 saturated heterocycles. The highest BCUT2D eigenvalue weighted by molar-refractivity contribution is 5.84. The van der Waals surface area contributed by atoms with E-state index in [4.69, 9.17) is 15.9 Å². The molecule has 0 saturated carbocycles. The fraction of sp³-hybridized carbons (Fsp3) is 0.0741. The van der Waals surface area contributed by atoms with Gasteiger partial charge >= 0.3 is 0 Å². The number of nitrogens with zero attached hydrogens (tertiary/aromatic N) is 2. The fourth-order valence-corrected chi connectivity index (χ4v) is 3.99. The van der Waals surface area contributed by atoms with E-state index >= 15 is 0 Å². The number of rotatable bonds is 6. The second-order valence-electron chi connectivity index (χ2n) is 8.27. The highest BCUT2D eigenvalue weighted by Crippen LogP contribution is 2.34. The van der Waals surface area contributed by atoms with Crippen molar-refractivity contribution in [2.45, 2.75) is 13.0 Å². The lowest BCUT2D eigenvalue weighted by molar-refractivity contribution is 0.515. The summed E-state index contributed by atoms with van der Waals surface area (Å²) in [6.45, 7) is 1.82. The predicted octanol–water partition coefficient (Wildman–Crippen LogP) is 5.47. The van der Waals surface area contributed by atoms with E-state index in [2.05, 4.69) is 20.6 Å². The van der Waals surface area contributed by atoms with Crippen LogP contribution in [0.15, 0.2) is 88.3 Å². The number of nitrogen functional groups attached to an aromatic ring is 2. The van der Waals surface area contributed by atoms with Crippen LogP contribution in [-0.2, 0) is 0 Å². The number of nitrogens with two attached hydrogens (primary N) is 2. The van der Waals surface area contributed by atoms with Gasteiger partial charge in [-0.3, -0.25) is 4.79 Å². The maximum atomic E-state index is 14.1. The Bertz CT molecular complexity index is 1620. The lowest BCUT2D eigenvalue weighted by atomic mass is 9.99. The normalized spacial score (nSPS) is 11.8. The highest BCUT2D eigenvalue weighted by atomic mass is 19.1. The fourth-order valence-electron chi connectivity index (χ4n) is 3.99. The zero-order chi connectivity index (χ0) is 25.2. The molecule has 8 nitrogen and oxygen atoms in total. The molecule has 0 fully saturated rings. The highest BCUT2D eigenvalue weighted by Gasteiger charge is 2.23. The minimum absolute atomic E-state index is 0.224. The molecule has 0 aliphatic heterocycles. The molecule has 3 aromatic carbocycles. The van der Waals surface area contributed by atoms with Gasteiger partial charge in [-0.25, -0.2) is 14.4 Å². The zero-order valence-electron chi connectivity index (χ0n) is 19.3. The first-order valence-corrected chi connectivity index (χ1v) is 11.2. The molecule has 6 N–H and O–H groups in total. The monoisotopic (exact) mass is 482 g/mol. The van der Waals surface area contributed by atoms with Gasteiger partial charge in [0.25, 0.3) is 0 Å². The number of para-hydroxylation sites is 1. The third-order valence-corrected chi connectivity index (χ3v) is 5.74. The number of hydrogen-bond acceptors (Lipinski definition) is 8. The number of hydrogen-bond donors (Lipinski definition) is 4. The van der Waals surface area contributed by atoms with E-state index in [1.807, 2.05) is 6.92 Å². The molecule has 0 spiro atoms. The lowest BCUT2D eigenvalue weighted by Gasteiger charge is -2.20. The quantitative estimate of drug-likeness (QED) is 0.234. The van der Waals surface area contributed by atoms with Gasteiger partial charge in [0.1, 0.15) is 29.2 Å². The van der Waals surface area contributed by atoms with Crippen molar-refractivity contribution >= 4 is 39.7 Å². The van der Waals surface area contributed by atoms with E-state index in [1.54, 1.807) is 60.7 Å². The van der Waals surface area contributed by atoms with E-state index < -0.39 is 11.9 Å². The Hall–Kier alpha value is -4.92. The third-order valence-electron chi connectivity index (χ3n) is 5.74. The molecule has 0 radical (unpaired) electrons. The number of halogens is 1. The van der Waals surface area contributed by atoms with Crippen LogP contribution >= 0.6 is 0 Å². The van der Waals surface area contributed by atoms with Gasteiger partial charge in [-0.2, -0.15) is 0 Å². The van der Waals surface area contributed by atoms with E-state index in [9.17, 15) is 9.18 Å². The molecule has 0 bridgehead atoms. The van der Waals surface area contributed by atoms with Gasteiger partial charge in [-0.05, 0) is 61.0 Å². The molecular weight excluding hydrogens is 459 g/mol. The van der Waals surface area contributed by atoms with Crippen LogP contribution in [0.25, 0.3) is 22.1 Å². The summed E-state index contributed by atoms with van der Waals surface area (Å²) < 4.78 is 20.3. The smallest absolute Gasteiger partial charge is 0.200 e. The van der Waals surface area contributed by atoms with Crippen LogP contribution in [-0.4, -0.2) is 9.97 Å². The van der Waals surface area contributed by atoms with Crippen LogP contribution in [0.3, 0.4) is 0 Å². The second-order valence-corrected chi connectivity index (χ2v) is 8.27. The van der Waals surface area contributed by atoms with Crippen molar-refractivity contribution in [3.63, 3.8) is 0 Å². The van der Waals surface area contributed by atoms with Crippen LogP contribution in [0.2, 0.25) is 0 Å². The molecular formula is C27H23FN6O2. The number of aromatic nitrogens is 2. The summed E-state index contributed by atoms with van der Waals surface area (Å²) in [5.41, 5.74) is 14.6. The van der Waals surface area contributed by atoms with E-state index in [0.29, 0.717) is 39.5 Å². The van der Waals surface area contributed by atoms with Crippen molar-refractivity contribution < 1.29 is 8.81 Å². The van der Waals surface area contributed by atoms with Crippen LogP contribution < -0.4 is 27.5 Å². The van der Waals surface area contributed by atoms with E-state index in [-0.39, 0.29) is 16.8 Å². The Morgan fingerprint density at radius 3 is 2.53 bits per heavy atom. The Morgan fingerprint density at radius 2 is 1.75 bits per heavy atom. The number of nitrogens with one attached hydrogen (secondary N) is 2. The summed E-state index contributed by atoms with van der Waals surface area (Å²) >= 11 is 0. The second kappa shape index (κ2) is 9.38. The molecule has 180 valence electrons. The van der Waals surface area contributed by atoms with Gasteiger partial charge in [-0.15, -0.1) is 0 Å². The molecule has 36 heavy (non-hydrogen) atoms. The maximum absolute atomic E-state index is 14.1. The molecule has 5 rings (SSSR count). The summed E-state index contributed by atoms with van der Waals surface area (Å²) in [6.07, 6.45) is 1.34. The molecule has 1 atom stereocenters. The summed E-state index contributed by atoms with van der Waals surface area (Å²) in [7, 11) is 0. The van der Waals surface area contributed by atoms with Crippen molar-refractivity contribution in [3.8, 4) is 11.1 Å². The number of anilines is 5. The Kier molecular flexibility index (Phi) is 5.95. The molecule has 2 aromatic heterocycles. The van der Waals surface area contributed by atoms with Gasteiger partial charge in [0.05, 0.1) is 17.0 Å². The van der Waals surface area contributed by atoms with E-state index in [0.717, 1.165) is 5.69 Å². The standard InChI is InChI=1S/C27H23FN6O2/c1-15(33-27-23(26(30)31-14-32-27)34-19-11-9-18(29)10-12-19)25-22(16-5-4-6-17(28)13-16)24(35)20-7-2-3-8-21(20)36-25/h2-15,34H,29H2,1H3,(H3,30,31,32,33). The van der Waals surface area contributed by atoms with Crippen molar-refractivity contribution in [2.75, 3.05) is 22.1 Å². The maximum Gasteiger partial charge on any atom is 0.200 e. The Balaban J connectivity index is 1.59. The lowest BCUT2D eigenvalue weighted by Crippen LogP contribution is -2.17. The van der Waals surface area contributed by atoms with Crippen molar-refractivity contribution in [1.82, 2.24) is 9.97 Å². The summed E-state index contributed by atoms with van der Waals surface area (Å²) in [5, 5.41) is 6.89. The topological polar surface area (TPSA) is 132 Å². The van der Waals surface area contributed by atoms with E-state index in [1.165, 1.54) is 18.5 Å². The van der Waals surface area contributed by atoms with Crippen molar-refractivity contribution in [3.05, 3.63) is 101 Å². The Morgan fingerprint density at radius 1 is 0.972 bits per heavy atom. The molecule has 0 amide bonds. The summed E-state index contributed by atoms with van der Waals surface area (Å²) in [6, 6.07) is 19.4. The largest absolute Gasteiger partial charge is 0.458 e. The summed E-state index contributed by atoms with van der Waals surface area (Å²) in [4.78, 5) is 22.0. The van der Waals surface area contributed by atoms with Crippen LogP contribution in [0, 0.1) is 5.82 Å². The van der Waals surface area contributed by atoms with Gasteiger partial charge in [-0.1, -0.05) is 24.3 Å². The van der Waals surface area contributed by atoms with Crippen LogP contribution in [0.4, 0.5) is 33.1 Å². The van der Waals surface area contributed by atoms with Gasteiger partial charge in [0.2, 0.25) is 5.43 Å². The molecule has 5 aromatic rings. The molecule has 0 aliphatic carbocycles. The molecule has 0 aliphatic rings. The average Bonchev–Trinajstić information content (AvgIpc) is 2.87. The molecule has 1 unspecified atom stereocenters. The zero-order valence-corrected chi connectivity index (χ0v) is 19.3. The van der Waals surface area contributed by atoms with Crippen LogP contribution in [0.5, 0.6) is 0 Å².